The molecule has 12 rings (SSSR count). The van der Waals surface area contributed by atoms with E-state index in [0.717, 1.165) is 51.7 Å². The predicted molar refractivity (Wildman–Crippen MR) is 468 cm³/mol. The summed E-state index contributed by atoms with van der Waals surface area (Å²) >= 11 is 0. The normalized spacial score (nSPS) is 11.8. The first kappa shape index (κ1) is 86.2. The van der Waals surface area contributed by atoms with Crippen LogP contribution in [0.1, 0.15) is 125 Å². The molecule has 584 valence electrons. The van der Waals surface area contributed by atoms with Crippen molar-refractivity contribution >= 4 is 43.6 Å². The van der Waals surface area contributed by atoms with Crippen LogP contribution < -0.4 is 42.6 Å². The summed E-state index contributed by atoms with van der Waals surface area (Å²) < 4.78 is 51.9. The molecule has 0 bridgehead atoms. The van der Waals surface area contributed by atoms with Gasteiger partial charge in [-0.15, -0.1) is 0 Å². The van der Waals surface area contributed by atoms with Crippen molar-refractivity contribution < 1.29 is 42.6 Å². The number of methoxy groups -OCH3 is 3. The molecule has 0 amide bonds. The minimum atomic E-state index is -0.276. The van der Waals surface area contributed by atoms with Gasteiger partial charge in [0.25, 0.3) is 0 Å². The molecule has 0 fully saturated rings. The van der Waals surface area contributed by atoms with Crippen molar-refractivity contribution in [2.45, 2.75) is 217 Å². The summed E-state index contributed by atoms with van der Waals surface area (Å²) in [4.78, 5) is 15.2. The molecule has 0 atom stereocenters. The summed E-state index contributed by atoms with van der Waals surface area (Å²) in [6.45, 7) is 37.2. The van der Waals surface area contributed by atoms with E-state index in [1.54, 1.807) is 21.3 Å². The van der Waals surface area contributed by atoms with Crippen molar-refractivity contribution in [3.8, 4) is 51.7 Å². The maximum atomic E-state index is 6.04. The van der Waals surface area contributed by atoms with Gasteiger partial charge in [0.2, 0.25) is 0 Å². The van der Waals surface area contributed by atoms with Crippen molar-refractivity contribution in [3.63, 3.8) is 0 Å². The Labute approximate surface area is 680 Å². The van der Waals surface area contributed by atoms with Gasteiger partial charge in [-0.1, -0.05) is 54.6 Å². The molecule has 0 aliphatic rings. The molecule has 12 aromatic carbocycles. The number of hydrogen-bond acceptors (Lipinski definition) is 9. The summed E-state index contributed by atoms with van der Waals surface area (Å²) in [7, 11) is 4.27. The molecule has 0 saturated heterocycles. The second-order valence-electron chi connectivity index (χ2n) is 32.3. The van der Waals surface area contributed by atoms with Crippen molar-refractivity contribution in [1.82, 2.24) is 0 Å². The molecule has 0 radical (unpaired) electrons. The van der Waals surface area contributed by atoms with Gasteiger partial charge in [-0.3, -0.25) is 0 Å². The standard InChI is InChI=1S/C30H39O3S.C26H31O2S.C22H23OS.C21H21O3S/c1-28(2,3)31-22-10-16-25(17-11-22)34(26-18-12-23(13-19-26)32-29(4,5)6)27-20-14-24(15-21-27)33-30(7,8)9;1-25(2,3)27-20-12-16-23(17-13-20)29(22-10-8-7-9-11-22)24-18-14-21(15-19-24)28-26(4,5)6;1-22(2,3)23-18-14-16-21(17-15-18)24(19-10-6-4-7-11-19)20-12-8-5-9-13-20;1-22-16-4-10-19(11-5-16)25(20-12-6-17(23-2)7-13-20)21-14-8-18(24-3)9-15-21/h10-21H,1-9H3;7-19H,1-6H3;4-17H,1-3H3;4-15H,1-3H3/q4*+1. The van der Waals surface area contributed by atoms with Crippen molar-refractivity contribution in [2.24, 2.45) is 0 Å². The summed E-state index contributed by atoms with van der Waals surface area (Å²) in [5, 5.41) is 0. The topological polar surface area (TPSA) is 83.1 Å². The third-order valence-electron chi connectivity index (χ3n) is 15.7. The lowest BCUT2D eigenvalue weighted by Gasteiger charge is -2.22. The van der Waals surface area contributed by atoms with Gasteiger partial charge in [0, 0.05) is 0 Å². The highest BCUT2D eigenvalue weighted by atomic mass is 32.2. The first-order chi connectivity index (χ1) is 53.1. The highest BCUT2D eigenvalue weighted by molar-refractivity contribution is 7.98. The van der Waals surface area contributed by atoms with Gasteiger partial charge in [0.05, 0.1) is 64.9 Å². The fourth-order valence-electron chi connectivity index (χ4n) is 11.4. The zero-order valence-corrected chi connectivity index (χ0v) is 72.5. The number of ether oxygens (including phenoxy) is 9. The van der Waals surface area contributed by atoms with E-state index in [1.807, 2.05) is 36.4 Å². The van der Waals surface area contributed by atoms with E-state index in [0.29, 0.717) is 0 Å². The highest BCUT2D eigenvalue weighted by Crippen LogP contribution is 2.40. The second-order valence-corrected chi connectivity index (χ2v) is 40.4. The molecular weight excluding hydrogens is 1460 g/mol. The molecule has 112 heavy (non-hydrogen) atoms. The first-order valence-electron chi connectivity index (χ1n) is 37.9. The highest BCUT2D eigenvalue weighted by Gasteiger charge is 2.34. The van der Waals surface area contributed by atoms with Crippen molar-refractivity contribution in [3.05, 3.63) is 309 Å². The smallest absolute Gasteiger partial charge is 0.166 e. The van der Waals surface area contributed by atoms with Crippen molar-refractivity contribution in [1.29, 1.82) is 0 Å². The fraction of sp³-hybridized carbons (Fsp3) is 0.273. The van der Waals surface area contributed by atoms with E-state index in [1.165, 1.54) is 58.7 Å². The molecule has 0 unspecified atom stereocenters. The summed E-state index contributed by atoms with van der Waals surface area (Å²) in [6.07, 6.45) is 0. The second kappa shape index (κ2) is 39.1. The molecule has 0 spiro atoms. The van der Waals surface area contributed by atoms with E-state index in [9.17, 15) is 0 Å². The van der Waals surface area contributed by atoms with Crippen LogP contribution in [0.4, 0.5) is 0 Å². The molecule has 12 aromatic rings. The van der Waals surface area contributed by atoms with Crippen LogP contribution in [0.25, 0.3) is 0 Å². The SMILES string of the molecule is CC(C)(C)Oc1ccc([S+](c2ccc(OC(C)(C)C)cc2)c2ccc(OC(C)(C)C)cc2)cc1.CC(C)(C)Oc1ccc([S+](c2ccccc2)c2ccc(OC(C)(C)C)cc2)cc1.CC(C)(C)Oc1ccc([S+](c2ccccc2)c2ccccc2)cc1.COc1ccc([S+](c2ccc(OC)cc2)c2ccc(OC)cc2)cc1. The Hall–Kier alpha value is -9.76. The average molecular weight is 1580 g/mol. The van der Waals surface area contributed by atoms with E-state index in [4.69, 9.17) is 42.6 Å². The summed E-state index contributed by atoms with van der Waals surface area (Å²) in [5.41, 5.74) is -1.27. The van der Waals surface area contributed by atoms with E-state index >= 15 is 0 Å². The first-order valence-corrected chi connectivity index (χ1v) is 42.8. The fourth-order valence-corrected chi connectivity index (χ4v) is 19.7. The lowest BCUT2D eigenvalue weighted by molar-refractivity contribution is 0.130. The molecule has 0 N–H and O–H groups in total. The predicted octanol–water partition coefficient (Wildman–Crippen LogP) is 26.2. The Morgan fingerprint density at radius 1 is 0.143 bits per heavy atom. The van der Waals surface area contributed by atoms with Crippen LogP contribution in [-0.4, -0.2) is 54.9 Å². The van der Waals surface area contributed by atoms with Crippen LogP contribution in [0, 0.1) is 0 Å². The number of benzene rings is 12. The lowest BCUT2D eigenvalue weighted by atomic mass is 10.2. The molecule has 9 nitrogen and oxygen atoms in total. The van der Waals surface area contributed by atoms with Crippen LogP contribution in [0.5, 0.6) is 51.7 Å². The third kappa shape index (κ3) is 27.9. The van der Waals surface area contributed by atoms with Crippen molar-refractivity contribution in [2.75, 3.05) is 21.3 Å². The lowest BCUT2D eigenvalue weighted by Crippen LogP contribution is -2.23. The largest absolute Gasteiger partial charge is 0.497 e. The van der Waals surface area contributed by atoms with Gasteiger partial charge in [-0.25, -0.2) is 0 Å². The zero-order valence-electron chi connectivity index (χ0n) is 69.3. The summed E-state index contributed by atoms with van der Waals surface area (Å²) in [6, 6.07) is 108. The van der Waals surface area contributed by atoms with Gasteiger partial charge in [-0.05, 0) is 379 Å². The van der Waals surface area contributed by atoms with Gasteiger partial charge in [0.15, 0.2) is 58.7 Å². The Morgan fingerprint density at radius 2 is 0.250 bits per heavy atom. The maximum Gasteiger partial charge on any atom is 0.166 e. The molecule has 0 aromatic heterocycles. The molecule has 0 saturated carbocycles. The Bertz CT molecular complexity index is 4380. The van der Waals surface area contributed by atoms with Crippen LogP contribution in [0.15, 0.2) is 368 Å². The third-order valence-corrected chi connectivity index (χ3v) is 24.6. The molecule has 13 heteroatoms. The molecular formula is C99H114O9S4+4. The maximum absolute atomic E-state index is 6.04. The zero-order chi connectivity index (χ0) is 80.9. The van der Waals surface area contributed by atoms with Crippen LogP contribution in [0.3, 0.4) is 0 Å². The van der Waals surface area contributed by atoms with Gasteiger partial charge in [0.1, 0.15) is 85.4 Å². The van der Waals surface area contributed by atoms with Crippen LogP contribution in [0.2, 0.25) is 0 Å². The van der Waals surface area contributed by atoms with Gasteiger partial charge in [-0.2, -0.15) is 0 Å². The number of rotatable bonds is 21. The average Bonchev–Trinajstić information content (AvgIpc) is 0.711. The molecule has 0 aliphatic carbocycles. The van der Waals surface area contributed by atoms with E-state index < -0.39 is 0 Å². The molecule has 0 aliphatic heterocycles. The van der Waals surface area contributed by atoms with E-state index in [2.05, 4.69) is 398 Å². The van der Waals surface area contributed by atoms with Crippen LogP contribution >= 0.6 is 0 Å². The monoisotopic (exact) mass is 1570 g/mol. The Kier molecular flexibility index (Phi) is 30.1. The Morgan fingerprint density at radius 3 is 0.357 bits per heavy atom. The number of hydrogen-bond donors (Lipinski definition) is 0. The van der Waals surface area contributed by atoms with Crippen LogP contribution in [-0.2, 0) is 43.6 Å². The quantitative estimate of drug-likeness (QED) is 0.0653. The summed E-state index contributed by atoms with van der Waals surface area (Å²) in [5.74, 6) is 7.91. The van der Waals surface area contributed by atoms with Gasteiger partial charge >= 0.3 is 0 Å². The minimum absolute atomic E-state index is 0.102. The van der Waals surface area contributed by atoms with E-state index in [-0.39, 0.29) is 77.2 Å². The Balaban J connectivity index is 0.000000173. The minimum Gasteiger partial charge on any atom is -0.497 e. The molecule has 0 heterocycles. The van der Waals surface area contributed by atoms with Gasteiger partial charge < -0.3 is 42.6 Å².